The number of hydrogen-bond donors (Lipinski definition) is 2. The Morgan fingerprint density at radius 2 is 1.85 bits per heavy atom. The fourth-order valence-electron chi connectivity index (χ4n) is 2.22. The fourth-order valence-corrected chi connectivity index (χ4v) is 2.74. The number of benzene rings is 2. The van der Waals surface area contributed by atoms with Gasteiger partial charge in [0.25, 0.3) is 5.91 Å². The van der Waals surface area contributed by atoms with Crippen LogP contribution in [0.1, 0.15) is 12.5 Å². The van der Waals surface area contributed by atoms with Crippen molar-refractivity contribution in [2.75, 3.05) is 32.7 Å². The van der Waals surface area contributed by atoms with E-state index in [1.54, 1.807) is 26.4 Å². The molecule has 0 unspecified atom stereocenters. The van der Waals surface area contributed by atoms with E-state index in [-0.39, 0.29) is 12.5 Å². The highest BCUT2D eigenvalue weighted by atomic mass is 79.9. The minimum atomic E-state index is -0.272. The maximum atomic E-state index is 11.9. The van der Waals surface area contributed by atoms with Gasteiger partial charge < -0.3 is 19.5 Å². The maximum Gasteiger partial charge on any atom is 0.259 e. The molecule has 0 aliphatic rings. The third kappa shape index (κ3) is 6.18. The number of anilines is 1. The summed E-state index contributed by atoms with van der Waals surface area (Å²) < 4.78 is 16.7. The van der Waals surface area contributed by atoms with E-state index in [0.29, 0.717) is 23.7 Å². The van der Waals surface area contributed by atoms with Gasteiger partial charge >= 0.3 is 0 Å². The molecule has 0 bridgehead atoms. The molecule has 0 fully saturated rings. The van der Waals surface area contributed by atoms with Crippen molar-refractivity contribution in [2.24, 2.45) is 5.10 Å². The standard InChI is InChI=1S/C19H22BrN3O4/c1-4-27-15-7-5-14(6-8-15)21-12-19(24)23-22-11-13-9-16(20)18(26-3)10-17(13)25-2/h5-11,21H,4,12H2,1-3H3,(H,23,24)/b22-11+. The third-order valence-electron chi connectivity index (χ3n) is 3.52. The summed E-state index contributed by atoms with van der Waals surface area (Å²) in [6.45, 7) is 2.63. The Morgan fingerprint density at radius 3 is 2.48 bits per heavy atom. The lowest BCUT2D eigenvalue weighted by molar-refractivity contribution is -0.119. The van der Waals surface area contributed by atoms with Crippen molar-refractivity contribution in [2.45, 2.75) is 6.92 Å². The first-order valence-electron chi connectivity index (χ1n) is 8.27. The molecule has 2 N–H and O–H groups in total. The van der Waals surface area contributed by atoms with Crippen LogP contribution >= 0.6 is 15.9 Å². The van der Waals surface area contributed by atoms with Gasteiger partial charge in [-0.05, 0) is 53.2 Å². The summed E-state index contributed by atoms with van der Waals surface area (Å²) in [6, 6.07) is 10.9. The van der Waals surface area contributed by atoms with Gasteiger partial charge in [-0.15, -0.1) is 0 Å². The Balaban J connectivity index is 1.88. The number of nitrogens with one attached hydrogen (secondary N) is 2. The highest BCUT2D eigenvalue weighted by molar-refractivity contribution is 9.10. The zero-order chi connectivity index (χ0) is 19.6. The van der Waals surface area contributed by atoms with Gasteiger partial charge in [0, 0.05) is 17.3 Å². The molecule has 144 valence electrons. The molecule has 0 saturated heterocycles. The number of hydrogen-bond acceptors (Lipinski definition) is 6. The van der Waals surface area contributed by atoms with Crippen LogP contribution < -0.4 is 25.0 Å². The van der Waals surface area contributed by atoms with Crippen LogP contribution in [0.15, 0.2) is 46.0 Å². The number of nitrogens with zero attached hydrogens (tertiary/aromatic N) is 1. The number of rotatable bonds is 9. The molecule has 0 spiro atoms. The molecule has 8 heteroatoms. The topological polar surface area (TPSA) is 81.2 Å². The van der Waals surface area contributed by atoms with E-state index in [1.165, 1.54) is 6.21 Å². The van der Waals surface area contributed by atoms with Crippen LogP contribution in [-0.2, 0) is 4.79 Å². The van der Waals surface area contributed by atoms with Gasteiger partial charge in [-0.3, -0.25) is 4.79 Å². The number of hydrazone groups is 1. The Hall–Kier alpha value is -2.74. The van der Waals surface area contributed by atoms with Gasteiger partial charge in [-0.2, -0.15) is 5.10 Å². The van der Waals surface area contributed by atoms with E-state index in [0.717, 1.165) is 15.9 Å². The van der Waals surface area contributed by atoms with Gasteiger partial charge in [0.05, 0.1) is 38.1 Å². The number of ether oxygens (including phenoxy) is 3. The van der Waals surface area contributed by atoms with Crippen molar-refractivity contribution in [1.29, 1.82) is 0 Å². The smallest absolute Gasteiger partial charge is 0.259 e. The molecule has 2 rings (SSSR count). The summed E-state index contributed by atoms with van der Waals surface area (Å²) in [6.07, 6.45) is 1.51. The van der Waals surface area contributed by atoms with Gasteiger partial charge in [-0.25, -0.2) is 5.43 Å². The monoisotopic (exact) mass is 435 g/mol. The molecular formula is C19H22BrN3O4. The van der Waals surface area contributed by atoms with Crippen molar-refractivity contribution in [3.05, 3.63) is 46.4 Å². The van der Waals surface area contributed by atoms with Gasteiger partial charge in [0.1, 0.15) is 17.2 Å². The van der Waals surface area contributed by atoms with Crippen LogP contribution in [0, 0.1) is 0 Å². The van der Waals surface area contributed by atoms with Gasteiger partial charge in [0.15, 0.2) is 0 Å². The largest absolute Gasteiger partial charge is 0.496 e. The van der Waals surface area contributed by atoms with Crippen molar-refractivity contribution in [1.82, 2.24) is 5.43 Å². The molecular weight excluding hydrogens is 414 g/mol. The molecule has 0 aliphatic carbocycles. The molecule has 7 nitrogen and oxygen atoms in total. The number of carbonyl (C=O) groups excluding carboxylic acids is 1. The van der Waals surface area contributed by atoms with Crippen LogP contribution in [0.4, 0.5) is 5.69 Å². The third-order valence-corrected chi connectivity index (χ3v) is 4.14. The van der Waals surface area contributed by atoms with Gasteiger partial charge in [-0.1, -0.05) is 0 Å². The summed E-state index contributed by atoms with van der Waals surface area (Å²) in [5.41, 5.74) is 3.99. The van der Waals surface area contributed by atoms with Crippen molar-refractivity contribution >= 4 is 33.7 Å². The highest BCUT2D eigenvalue weighted by Crippen LogP contribution is 2.31. The second-order valence-electron chi connectivity index (χ2n) is 5.33. The minimum Gasteiger partial charge on any atom is -0.496 e. The summed E-state index contributed by atoms with van der Waals surface area (Å²) >= 11 is 3.41. The predicted octanol–water partition coefficient (Wildman–Crippen LogP) is 3.43. The van der Waals surface area contributed by atoms with Crippen molar-refractivity contribution in [3.63, 3.8) is 0 Å². The summed E-state index contributed by atoms with van der Waals surface area (Å²) in [7, 11) is 3.13. The van der Waals surface area contributed by atoms with E-state index in [9.17, 15) is 4.79 Å². The number of methoxy groups -OCH3 is 2. The highest BCUT2D eigenvalue weighted by Gasteiger charge is 2.08. The second-order valence-corrected chi connectivity index (χ2v) is 6.19. The molecule has 0 radical (unpaired) electrons. The SMILES string of the molecule is CCOc1ccc(NCC(=O)N/N=C/c2cc(Br)c(OC)cc2OC)cc1. The molecule has 0 saturated carbocycles. The lowest BCUT2D eigenvalue weighted by Gasteiger charge is -2.09. The Kier molecular flexibility index (Phi) is 7.94. The first kappa shape index (κ1) is 20.6. The lowest BCUT2D eigenvalue weighted by atomic mass is 10.2. The fraction of sp³-hybridized carbons (Fsp3) is 0.263. The van der Waals surface area contributed by atoms with Crippen molar-refractivity contribution < 1.29 is 19.0 Å². The Labute approximate surface area is 166 Å². The second kappa shape index (κ2) is 10.4. The lowest BCUT2D eigenvalue weighted by Crippen LogP contribution is -2.25. The van der Waals surface area contributed by atoms with Crippen LogP contribution in [0.3, 0.4) is 0 Å². The van der Waals surface area contributed by atoms with E-state index < -0.39 is 0 Å². The van der Waals surface area contributed by atoms with E-state index in [4.69, 9.17) is 14.2 Å². The molecule has 0 aliphatic heterocycles. The average Bonchev–Trinajstić information content (AvgIpc) is 2.68. The number of halogens is 1. The van der Waals surface area contributed by atoms with Crippen LogP contribution in [0.25, 0.3) is 0 Å². The van der Waals surface area contributed by atoms with E-state index in [1.807, 2.05) is 31.2 Å². The normalized spacial score (nSPS) is 10.5. The molecule has 1 amide bonds. The zero-order valence-corrected chi connectivity index (χ0v) is 17.0. The quantitative estimate of drug-likeness (QED) is 0.465. The van der Waals surface area contributed by atoms with Crippen molar-refractivity contribution in [3.8, 4) is 17.2 Å². The van der Waals surface area contributed by atoms with Crippen LogP contribution in [0.2, 0.25) is 0 Å². The zero-order valence-electron chi connectivity index (χ0n) is 15.4. The van der Waals surface area contributed by atoms with Crippen LogP contribution in [0.5, 0.6) is 17.2 Å². The minimum absolute atomic E-state index is 0.0920. The maximum absolute atomic E-state index is 11.9. The summed E-state index contributed by atoms with van der Waals surface area (Å²) in [5, 5.41) is 6.99. The predicted molar refractivity (Wildman–Crippen MR) is 109 cm³/mol. The molecule has 2 aromatic rings. The molecule has 2 aromatic carbocycles. The summed E-state index contributed by atoms with van der Waals surface area (Å²) in [5.74, 6) is 1.75. The molecule has 0 heterocycles. The van der Waals surface area contributed by atoms with E-state index in [2.05, 4.69) is 31.8 Å². The van der Waals surface area contributed by atoms with Crippen LogP contribution in [-0.4, -0.2) is 39.5 Å². The molecule has 0 atom stereocenters. The summed E-state index contributed by atoms with van der Waals surface area (Å²) in [4.78, 5) is 11.9. The Morgan fingerprint density at radius 1 is 1.15 bits per heavy atom. The number of carbonyl (C=O) groups is 1. The average molecular weight is 436 g/mol. The Bertz CT molecular complexity index is 794. The number of amides is 1. The van der Waals surface area contributed by atoms with E-state index >= 15 is 0 Å². The van der Waals surface area contributed by atoms with Gasteiger partial charge in [0.2, 0.25) is 0 Å². The first-order chi connectivity index (χ1) is 13.1. The molecule has 0 aromatic heterocycles. The molecule has 27 heavy (non-hydrogen) atoms. The first-order valence-corrected chi connectivity index (χ1v) is 9.06.